The van der Waals surface area contributed by atoms with Crippen LogP contribution in [0.4, 0.5) is 11.4 Å². The van der Waals surface area contributed by atoms with Crippen molar-refractivity contribution in [3.63, 3.8) is 0 Å². The molecule has 1 aromatic carbocycles. The fourth-order valence-corrected chi connectivity index (χ4v) is 1.59. The molecular weight excluding hydrogens is 252 g/mol. The van der Waals surface area contributed by atoms with Gasteiger partial charge in [0.25, 0.3) is 5.69 Å². The SMILES string of the molecule is CC(C)[C@@H](CO)Nc1ccc([N+](=O)[O-])c(C(=O)O)c1. The van der Waals surface area contributed by atoms with Gasteiger partial charge in [0.15, 0.2) is 0 Å². The summed E-state index contributed by atoms with van der Waals surface area (Å²) in [5, 5.41) is 31.8. The van der Waals surface area contributed by atoms with Crippen molar-refractivity contribution in [3.05, 3.63) is 33.9 Å². The Hall–Kier alpha value is -2.15. The Bertz CT molecular complexity index is 487. The number of aliphatic hydroxyl groups excluding tert-OH is 1. The molecule has 0 radical (unpaired) electrons. The third kappa shape index (κ3) is 3.65. The van der Waals surface area contributed by atoms with E-state index in [1.165, 1.54) is 12.1 Å². The first kappa shape index (κ1) is 14.9. The standard InChI is InChI=1S/C12H16N2O5/c1-7(2)10(6-15)13-8-3-4-11(14(18)19)9(5-8)12(16)17/h3-5,7,10,13,15H,6H2,1-2H3,(H,16,17)/t10-/m1/s1. The minimum absolute atomic E-state index is 0.114. The number of rotatable bonds is 6. The highest BCUT2D eigenvalue weighted by Crippen LogP contribution is 2.23. The molecule has 0 bridgehead atoms. The largest absolute Gasteiger partial charge is 0.477 e. The molecular formula is C12H16N2O5. The van der Waals surface area contributed by atoms with Gasteiger partial charge in [-0.15, -0.1) is 0 Å². The molecule has 0 aromatic heterocycles. The molecule has 0 saturated heterocycles. The molecule has 0 aliphatic carbocycles. The lowest BCUT2D eigenvalue weighted by atomic mass is 10.0. The summed E-state index contributed by atoms with van der Waals surface area (Å²) in [6, 6.07) is 3.52. The molecule has 0 unspecified atom stereocenters. The molecule has 1 aromatic rings. The molecule has 1 rings (SSSR count). The summed E-state index contributed by atoms with van der Waals surface area (Å²) in [6.45, 7) is 3.69. The minimum atomic E-state index is -1.36. The van der Waals surface area contributed by atoms with Crippen molar-refractivity contribution in [1.29, 1.82) is 0 Å². The maximum atomic E-state index is 11.0. The Morgan fingerprint density at radius 1 is 1.47 bits per heavy atom. The molecule has 104 valence electrons. The van der Waals surface area contributed by atoms with Crippen LogP contribution in [0.2, 0.25) is 0 Å². The molecule has 0 heterocycles. The third-order valence-electron chi connectivity index (χ3n) is 2.78. The molecule has 0 aliphatic rings. The highest BCUT2D eigenvalue weighted by atomic mass is 16.6. The Morgan fingerprint density at radius 2 is 2.11 bits per heavy atom. The number of nitrogens with zero attached hydrogens (tertiary/aromatic N) is 1. The second kappa shape index (κ2) is 6.14. The van der Waals surface area contributed by atoms with Gasteiger partial charge < -0.3 is 15.5 Å². The van der Waals surface area contributed by atoms with Crippen molar-refractivity contribution >= 4 is 17.3 Å². The van der Waals surface area contributed by atoms with Crippen molar-refractivity contribution in [2.75, 3.05) is 11.9 Å². The zero-order valence-electron chi connectivity index (χ0n) is 10.7. The number of hydrogen-bond acceptors (Lipinski definition) is 5. The van der Waals surface area contributed by atoms with Gasteiger partial charge in [-0.2, -0.15) is 0 Å². The van der Waals surface area contributed by atoms with E-state index in [9.17, 15) is 20.0 Å². The van der Waals surface area contributed by atoms with Crippen molar-refractivity contribution in [2.24, 2.45) is 5.92 Å². The van der Waals surface area contributed by atoms with E-state index in [0.29, 0.717) is 5.69 Å². The second-order valence-corrected chi connectivity index (χ2v) is 4.47. The summed E-state index contributed by atoms with van der Waals surface area (Å²) in [4.78, 5) is 21.0. The van der Waals surface area contributed by atoms with E-state index in [1.54, 1.807) is 0 Å². The van der Waals surface area contributed by atoms with E-state index in [1.807, 2.05) is 13.8 Å². The van der Waals surface area contributed by atoms with Gasteiger partial charge in [0.2, 0.25) is 0 Å². The summed E-state index contributed by atoms with van der Waals surface area (Å²) in [7, 11) is 0. The summed E-state index contributed by atoms with van der Waals surface area (Å²) in [5.41, 5.74) is -0.408. The summed E-state index contributed by atoms with van der Waals surface area (Å²) in [5.74, 6) is -1.23. The molecule has 3 N–H and O–H groups in total. The average molecular weight is 268 g/mol. The first-order valence-corrected chi connectivity index (χ1v) is 5.76. The van der Waals surface area contributed by atoms with Crippen LogP contribution in [0.5, 0.6) is 0 Å². The number of aromatic carboxylic acids is 1. The second-order valence-electron chi connectivity index (χ2n) is 4.47. The Balaban J connectivity index is 3.08. The monoisotopic (exact) mass is 268 g/mol. The predicted octanol–water partition coefficient (Wildman–Crippen LogP) is 1.72. The number of benzene rings is 1. The van der Waals surface area contributed by atoms with Gasteiger partial charge in [0.1, 0.15) is 5.56 Å². The molecule has 19 heavy (non-hydrogen) atoms. The van der Waals surface area contributed by atoms with Crippen molar-refractivity contribution in [2.45, 2.75) is 19.9 Å². The van der Waals surface area contributed by atoms with E-state index in [0.717, 1.165) is 6.07 Å². The Morgan fingerprint density at radius 3 is 2.53 bits per heavy atom. The lowest BCUT2D eigenvalue weighted by Gasteiger charge is -2.21. The topological polar surface area (TPSA) is 113 Å². The molecule has 0 fully saturated rings. The van der Waals surface area contributed by atoms with Crippen LogP contribution in [0.25, 0.3) is 0 Å². The number of hydrogen-bond donors (Lipinski definition) is 3. The lowest BCUT2D eigenvalue weighted by molar-refractivity contribution is -0.385. The van der Waals surface area contributed by atoms with Crippen LogP contribution in [0.3, 0.4) is 0 Å². The first-order chi connectivity index (χ1) is 8.86. The smallest absolute Gasteiger partial charge is 0.342 e. The molecule has 1 atom stereocenters. The van der Waals surface area contributed by atoms with Gasteiger partial charge in [-0.05, 0) is 18.1 Å². The quantitative estimate of drug-likeness (QED) is 0.535. The normalized spacial score (nSPS) is 12.2. The number of carboxylic acid groups (broad SMARTS) is 1. The maximum Gasteiger partial charge on any atom is 0.342 e. The fraction of sp³-hybridized carbons (Fsp3) is 0.417. The number of carbonyl (C=O) groups is 1. The third-order valence-corrected chi connectivity index (χ3v) is 2.78. The van der Waals surface area contributed by atoms with E-state index in [4.69, 9.17) is 5.11 Å². The Kier molecular flexibility index (Phi) is 4.82. The predicted molar refractivity (Wildman–Crippen MR) is 69.4 cm³/mol. The highest BCUT2D eigenvalue weighted by Gasteiger charge is 2.21. The number of carboxylic acids is 1. The van der Waals surface area contributed by atoms with Crippen LogP contribution in [-0.2, 0) is 0 Å². The van der Waals surface area contributed by atoms with E-state index < -0.39 is 16.6 Å². The van der Waals surface area contributed by atoms with Crippen LogP contribution >= 0.6 is 0 Å². The number of aliphatic hydroxyl groups is 1. The summed E-state index contributed by atoms with van der Waals surface area (Å²) in [6.07, 6.45) is 0. The number of nitro benzene ring substituents is 1. The summed E-state index contributed by atoms with van der Waals surface area (Å²) >= 11 is 0. The van der Waals surface area contributed by atoms with Crippen LogP contribution in [-0.4, -0.2) is 33.8 Å². The van der Waals surface area contributed by atoms with Crippen molar-refractivity contribution < 1.29 is 19.9 Å². The zero-order chi connectivity index (χ0) is 14.6. The van der Waals surface area contributed by atoms with Crippen molar-refractivity contribution in [3.8, 4) is 0 Å². The molecule has 7 heteroatoms. The lowest BCUT2D eigenvalue weighted by Crippen LogP contribution is -2.29. The fourth-order valence-electron chi connectivity index (χ4n) is 1.59. The number of nitrogens with one attached hydrogen (secondary N) is 1. The molecule has 7 nitrogen and oxygen atoms in total. The highest BCUT2D eigenvalue weighted by molar-refractivity contribution is 5.93. The van der Waals surface area contributed by atoms with Gasteiger partial charge in [0.05, 0.1) is 17.6 Å². The van der Waals surface area contributed by atoms with Gasteiger partial charge in [-0.25, -0.2) is 4.79 Å². The first-order valence-electron chi connectivity index (χ1n) is 5.76. The van der Waals surface area contributed by atoms with Gasteiger partial charge in [-0.3, -0.25) is 10.1 Å². The van der Waals surface area contributed by atoms with Crippen LogP contribution in [0, 0.1) is 16.0 Å². The van der Waals surface area contributed by atoms with Crippen LogP contribution in [0.15, 0.2) is 18.2 Å². The molecule has 0 amide bonds. The molecule has 0 aliphatic heterocycles. The zero-order valence-corrected chi connectivity index (χ0v) is 10.7. The number of nitro groups is 1. The van der Waals surface area contributed by atoms with Gasteiger partial charge in [0, 0.05) is 11.8 Å². The maximum absolute atomic E-state index is 11.0. The van der Waals surface area contributed by atoms with Crippen LogP contribution < -0.4 is 5.32 Å². The molecule has 0 spiro atoms. The number of anilines is 1. The van der Waals surface area contributed by atoms with E-state index >= 15 is 0 Å². The molecule has 0 saturated carbocycles. The van der Waals surface area contributed by atoms with Crippen molar-refractivity contribution in [1.82, 2.24) is 0 Å². The minimum Gasteiger partial charge on any atom is -0.477 e. The van der Waals surface area contributed by atoms with E-state index in [-0.39, 0.29) is 24.1 Å². The van der Waals surface area contributed by atoms with Gasteiger partial charge >= 0.3 is 5.97 Å². The van der Waals surface area contributed by atoms with Crippen LogP contribution in [0.1, 0.15) is 24.2 Å². The summed E-state index contributed by atoms with van der Waals surface area (Å²) < 4.78 is 0. The van der Waals surface area contributed by atoms with Gasteiger partial charge in [-0.1, -0.05) is 13.8 Å². The Labute approximate surface area is 110 Å². The van der Waals surface area contributed by atoms with E-state index in [2.05, 4.69) is 5.32 Å². The average Bonchev–Trinajstić information content (AvgIpc) is 2.34.